The number of nitro benzene ring substituents is 1. The number of nitro groups is 1. The molecule has 1 fully saturated rings. The number of rotatable bonds is 4. The predicted molar refractivity (Wildman–Crippen MR) is 105 cm³/mol. The van der Waals surface area contributed by atoms with Gasteiger partial charge in [-0.15, -0.1) is 0 Å². The molecule has 1 saturated heterocycles. The molecular weight excluding hydrogens is 358 g/mol. The van der Waals surface area contributed by atoms with E-state index in [1.54, 1.807) is 12.1 Å². The number of amides is 2. The Morgan fingerprint density at radius 3 is 2.50 bits per heavy atom. The molecule has 2 amide bonds. The number of imide groups is 1. The summed E-state index contributed by atoms with van der Waals surface area (Å²) < 4.78 is 0. The van der Waals surface area contributed by atoms with Gasteiger partial charge in [-0.25, -0.2) is 0 Å². The molecule has 0 bridgehead atoms. The highest BCUT2D eigenvalue weighted by Gasteiger charge is 2.30. The van der Waals surface area contributed by atoms with Crippen LogP contribution in [0.1, 0.15) is 49.3 Å². The molecule has 2 aromatic rings. The van der Waals surface area contributed by atoms with E-state index in [1.165, 1.54) is 11.6 Å². The summed E-state index contributed by atoms with van der Waals surface area (Å²) in [5, 5.41) is 15.0. The number of aryl methyl sites for hydroxylation is 1. The standard InChI is InChI=1S/C21H21N3O4/c25-20-9-4-10-21(26)23(20)15-11-12-18(19(13-15)24(27)28)22-17-8-3-6-14-5-1-2-7-16(14)17/h1-2,5,7,11-13,17,22H,3-4,6,8-10H2/t17-/m1/s1. The number of nitrogens with zero attached hydrogens (tertiary/aromatic N) is 2. The normalized spacial score (nSPS) is 19.3. The van der Waals surface area contributed by atoms with Crippen LogP contribution < -0.4 is 10.2 Å². The molecule has 28 heavy (non-hydrogen) atoms. The molecule has 0 radical (unpaired) electrons. The van der Waals surface area contributed by atoms with E-state index < -0.39 is 4.92 Å². The van der Waals surface area contributed by atoms with Gasteiger partial charge in [0.2, 0.25) is 11.8 Å². The first kappa shape index (κ1) is 18.2. The number of nitrogens with one attached hydrogen (secondary N) is 1. The Morgan fingerprint density at radius 1 is 1.00 bits per heavy atom. The molecule has 1 aliphatic heterocycles. The first-order chi connectivity index (χ1) is 13.5. The molecule has 144 valence electrons. The third kappa shape index (κ3) is 3.35. The second-order valence-corrected chi connectivity index (χ2v) is 7.22. The van der Waals surface area contributed by atoms with Crippen LogP contribution in [-0.2, 0) is 16.0 Å². The molecule has 0 unspecified atom stereocenters. The highest BCUT2D eigenvalue weighted by atomic mass is 16.6. The average molecular weight is 379 g/mol. The van der Waals surface area contributed by atoms with Gasteiger partial charge in [0.1, 0.15) is 5.69 Å². The summed E-state index contributed by atoms with van der Waals surface area (Å²) in [6, 6.07) is 12.6. The Balaban J connectivity index is 1.66. The number of benzene rings is 2. The zero-order chi connectivity index (χ0) is 19.7. The van der Waals surface area contributed by atoms with Crippen molar-refractivity contribution in [3.63, 3.8) is 0 Å². The quantitative estimate of drug-likeness (QED) is 0.490. The summed E-state index contributed by atoms with van der Waals surface area (Å²) in [4.78, 5) is 36.6. The van der Waals surface area contributed by atoms with Gasteiger partial charge in [-0.1, -0.05) is 24.3 Å². The minimum atomic E-state index is -0.473. The maximum atomic E-state index is 12.1. The van der Waals surface area contributed by atoms with E-state index in [4.69, 9.17) is 0 Å². The molecule has 1 aliphatic carbocycles. The van der Waals surface area contributed by atoms with Crippen molar-refractivity contribution in [3.8, 4) is 0 Å². The van der Waals surface area contributed by atoms with Gasteiger partial charge in [0, 0.05) is 18.9 Å². The highest BCUT2D eigenvalue weighted by Crippen LogP contribution is 2.37. The molecule has 7 heteroatoms. The maximum absolute atomic E-state index is 12.1. The Morgan fingerprint density at radius 2 is 1.75 bits per heavy atom. The predicted octanol–water partition coefficient (Wildman–Crippen LogP) is 4.13. The van der Waals surface area contributed by atoms with Crippen molar-refractivity contribution in [2.24, 2.45) is 0 Å². The van der Waals surface area contributed by atoms with E-state index in [2.05, 4.69) is 17.4 Å². The molecule has 1 heterocycles. The van der Waals surface area contributed by atoms with Crippen LogP contribution >= 0.6 is 0 Å². The number of carbonyl (C=O) groups excluding carboxylic acids is 2. The molecule has 4 rings (SSSR count). The van der Waals surface area contributed by atoms with Crippen molar-refractivity contribution < 1.29 is 14.5 Å². The fourth-order valence-corrected chi connectivity index (χ4v) is 4.07. The zero-order valence-corrected chi connectivity index (χ0v) is 15.4. The Labute approximate surface area is 162 Å². The van der Waals surface area contributed by atoms with E-state index in [9.17, 15) is 19.7 Å². The van der Waals surface area contributed by atoms with Crippen LogP contribution in [0.15, 0.2) is 42.5 Å². The Kier molecular flexibility index (Phi) is 4.81. The third-order valence-electron chi connectivity index (χ3n) is 5.42. The van der Waals surface area contributed by atoms with Crippen LogP contribution in [0.25, 0.3) is 0 Å². The third-order valence-corrected chi connectivity index (χ3v) is 5.42. The number of carbonyl (C=O) groups is 2. The number of anilines is 2. The van der Waals surface area contributed by atoms with Gasteiger partial charge in [0.05, 0.1) is 16.7 Å². The van der Waals surface area contributed by atoms with Crippen LogP contribution in [0.2, 0.25) is 0 Å². The van der Waals surface area contributed by atoms with Gasteiger partial charge >= 0.3 is 0 Å². The van der Waals surface area contributed by atoms with Gasteiger partial charge in [0.25, 0.3) is 5.69 Å². The molecule has 0 aromatic heterocycles. The Bertz CT molecular complexity index is 940. The van der Waals surface area contributed by atoms with Gasteiger partial charge in [-0.3, -0.25) is 24.6 Å². The molecule has 2 aromatic carbocycles. The van der Waals surface area contributed by atoms with Crippen molar-refractivity contribution >= 4 is 28.9 Å². The largest absolute Gasteiger partial charge is 0.373 e. The van der Waals surface area contributed by atoms with Crippen molar-refractivity contribution in [1.29, 1.82) is 0 Å². The summed E-state index contributed by atoms with van der Waals surface area (Å²) in [5.41, 5.74) is 2.94. The van der Waals surface area contributed by atoms with Crippen LogP contribution in [0.5, 0.6) is 0 Å². The smallest absolute Gasteiger partial charge is 0.294 e. The number of hydrogen-bond donors (Lipinski definition) is 1. The molecule has 0 saturated carbocycles. The Hall–Kier alpha value is -3.22. The molecule has 7 nitrogen and oxygen atoms in total. The van der Waals surface area contributed by atoms with Crippen molar-refractivity contribution in [2.45, 2.75) is 44.6 Å². The second-order valence-electron chi connectivity index (χ2n) is 7.22. The SMILES string of the molecule is O=C1CCCC(=O)N1c1ccc(N[C@@H]2CCCc3ccccc32)c([N+](=O)[O-])c1. The van der Waals surface area contributed by atoms with E-state index in [-0.39, 0.29) is 42.1 Å². The minimum absolute atomic E-state index is 0.00671. The first-order valence-corrected chi connectivity index (χ1v) is 9.53. The van der Waals surface area contributed by atoms with Gasteiger partial charge in [-0.2, -0.15) is 0 Å². The van der Waals surface area contributed by atoms with E-state index in [1.807, 2.05) is 12.1 Å². The van der Waals surface area contributed by atoms with Gasteiger partial charge in [-0.05, 0) is 48.9 Å². The first-order valence-electron chi connectivity index (χ1n) is 9.53. The average Bonchev–Trinajstić information content (AvgIpc) is 2.69. The maximum Gasteiger partial charge on any atom is 0.294 e. The molecule has 1 atom stereocenters. The van der Waals surface area contributed by atoms with Crippen LogP contribution in [0, 0.1) is 10.1 Å². The van der Waals surface area contributed by atoms with Crippen LogP contribution in [-0.4, -0.2) is 16.7 Å². The zero-order valence-electron chi connectivity index (χ0n) is 15.4. The summed E-state index contributed by atoms with van der Waals surface area (Å²) in [5.74, 6) is -0.625. The fraction of sp³-hybridized carbons (Fsp3) is 0.333. The molecule has 0 spiro atoms. The lowest BCUT2D eigenvalue weighted by molar-refractivity contribution is -0.383. The number of fused-ring (bicyclic) bond motifs is 1. The molecule has 1 N–H and O–H groups in total. The summed E-state index contributed by atoms with van der Waals surface area (Å²) in [6.45, 7) is 0. The summed E-state index contributed by atoms with van der Waals surface area (Å²) in [7, 11) is 0. The van der Waals surface area contributed by atoms with Crippen LogP contribution in [0.4, 0.5) is 17.1 Å². The molecular formula is C21H21N3O4. The van der Waals surface area contributed by atoms with Gasteiger partial charge < -0.3 is 5.32 Å². The van der Waals surface area contributed by atoms with Crippen molar-refractivity contribution in [3.05, 3.63) is 63.7 Å². The lowest BCUT2D eigenvalue weighted by Crippen LogP contribution is -2.40. The molecule has 2 aliphatic rings. The van der Waals surface area contributed by atoms with E-state index in [0.717, 1.165) is 29.7 Å². The monoisotopic (exact) mass is 379 g/mol. The number of hydrogen-bond acceptors (Lipinski definition) is 5. The van der Waals surface area contributed by atoms with Crippen molar-refractivity contribution in [2.75, 3.05) is 10.2 Å². The van der Waals surface area contributed by atoms with Crippen LogP contribution in [0.3, 0.4) is 0 Å². The topological polar surface area (TPSA) is 92.6 Å². The van der Waals surface area contributed by atoms with Gasteiger partial charge in [0.15, 0.2) is 0 Å². The lowest BCUT2D eigenvalue weighted by Gasteiger charge is -2.28. The summed E-state index contributed by atoms with van der Waals surface area (Å²) >= 11 is 0. The van der Waals surface area contributed by atoms with E-state index in [0.29, 0.717) is 12.1 Å². The summed E-state index contributed by atoms with van der Waals surface area (Å²) in [6.07, 6.45) is 3.98. The second kappa shape index (κ2) is 7.42. The fourth-order valence-electron chi connectivity index (χ4n) is 4.07. The van der Waals surface area contributed by atoms with E-state index >= 15 is 0 Å². The lowest BCUT2D eigenvalue weighted by atomic mass is 9.87. The van der Waals surface area contributed by atoms with Crippen molar-refractivity contribution in [1.82, 2.24) is 0 Å². The minimum Gasteiger partial charge on any atom is -0.373 e. The number of piperidine rings is 1. The highest BCUT2D eigenvalue weighted by molar-refractivity contribution is 6.16.